The minimum Gasteiger partial charge on any atom is -0.319 e. The number of nitrogens with one attached hydrogen (secondary N) is 1. The molecule has 0 aliphatic rings. The van der Waals surface area contributed by atoms with Crippen LogP contribution in [0.5, 0.6) is 0 Å². The number of hydrogen-bond donors (Lipinski definition) is 1. The van der Waals surface area contributed by atoms with Crippen LogP contribution in [0.4, 0.5) is 0 Å². The molecular formula is C18H26N2S. The molecule has 1 aromatic heterocycles. The van der Waals surface area contributed by atoms with Crippen molar-refractivity contribution in [2.75, 3.05) is 33.7 Å². The van der Waals surface area contributed by atoms with Crippen LogP contribution in [0, 0.1) is 0 Å². The molecule has 1 aromatic carbocycles. The van der Waals surface area contributed by atoms with Gasteiger partial charge >= 0.3 is 0 Å². The molecule has 0 saturated heterocycles. The lowest BCUT2D eigenvalue weighted by molar-refractivity contribution is 0.255. The van der Waals surface area contributed by atoms with E-state index in [1.807, 2.05) is 18.4 Å². The third kappa shape index (κ3) is 4.67. The van der Waals surface area contributed by atoms with Gasteiger partial charge in [-0.2, -0.15) is 0 Å². The van der Waals surface area contributed by atoms with Crippen molar-refractivity contribution in [2.45, 2.75) is 18.8 Å². The summed E-state index contributed by atoms with van der Waals surface area (Å²) in [4.78, 5) is 3.92. The van der Waals surface area contributed by atoms with E-state index in [4.69, 9.17) is 0 Å². The zero-order chi connectivity index (χ0) is 15.1. The Morgan fingerprint density at radius 2 is 1.90 bits per heavy atom. The number of nitrogens with zero attached hydrogens (tertiary/aromatic N) is 1. The van der Waals surface area contributed by atoms with E-state index in [-0.39, 0.29) is 5.41 Å². The van der Waals surface area contributed by atoms with Gasteiger partial charge in [-0.15, -0.1) is 11.3 Å². The monoisotopic (exact) mass is 302 g/mol. The van der Waals surface area contributed by atoms with Crippen LogP contribution in [0.3, 0.4) is 0 Å². The van der Waals surface area contributed by atoms with Crippen molar-refractivity contribution in [3.63, 3.8) is 0 Å². The van der Waals surface area contributed by atoms with E-state index in [2.05, 4.69) is 72.0 Å². The predicted octanol–water partition coefficient (Wildman–Crippen LogP) is 3.40. The van der Waals surface area contributed by atoms with Gasteiger partial charge in [0.25, 0.3) is 0 Å². The first-order valence-corrected chi connectivity index (χ1v) is 8.43. The maximum absolute atomic E-state index is 3.36. The topological polar surface area (TPSA) is 15.3 Å². The third-order valence-corrected chi connectivity index (χ3v) is 4.91. The van der Waals surface area contributed by atoms with Crippen molar-refractivity contribution in [1.29, 1.82) is 0 Å². The van der Waals surface area contributed by atoms with Gasteiger partial charge in [0.15, 0.2) is 0 Å². The quantitative estimate of drug-likeness (QED) is 0.804. The lowest BCUT2D eigenvalue weighted by Gasteiger charge is -2.34. The van der Waals surface area contributed by atoms with Gasteiger partial charge in [-0.25, -0.2) is 0 Å². The maximum Gasteiger partial charge on any atom is 0.0176 e. The number of hydrogen-bond acceptors (Lipinski definition) is 3. The smallest absolute Gasteiger partial charge is 0.0176 e. The Hall–Kier alpha value is -1.16. The normalized spacial score (nSPS) is 14.3. The second kappa shape index (κ2) is 7.74. The molecule has 2 rings (SSSR count). The highest BCUT2D eigenvalue weighted by atomic mass is 32.1. The molecule has 0 aliphatic carbocycles. The van der Waals surface area contributed by atoms with Crippen LogP contribution < -0.4 is 5.32 Å². The van der Waals surface area contributed by atoms with Crippen molar-refractivity contribution in [3.8, 4) is 0 Å². The van der Waals surface area contributed by atoms with Crippen LogP contribution in [0.15, 0.2) is 47.8 Å². The minimum absolute atomic E-state index is 0.139. The second-order valence-corrected chi connectivity index (χ2v) is 7.06. The first-order valence-electron chi connectivity index (χ1n) is 7.55. The average Bonchev–Trinajstić information content (AvgIpc) is 3.00. The van der Waals surface area contributed by atoms with E-state index in [0.717, 1.165) is 26.1 Å². The van der Waals surface area contributed by atoms with Crippen LogP contribution in [0.25, 0.3) is 0 Å². The van der Waals surface area contributed by atoms with Gasteiger partial charge in [0.1, 0.15) is 0 Å². The standard InChI is InChI=1S/C18H26N2S/c1-18(14-19-2,16-8-5-4-6-9-16)15-20(3)12-11-17-10-7-13-21-17/h4-10,13,19H,11-12,14-15H2,1-3H3. The molecule has 0 fully saturated rings. The number of rotatable bonds is 8. The Morgan fingerprint density at radius 3 is 2.52 bits per heavy atom. The molecule has 0 saturated carbocycles. The molecule has 0 amide bonds. The second-order valence-electron chi connectivity index (χ2n) is 6.02. The molecule has 114 valence electrons. The van der Waals surface area contributed by atoms with Crippen LogP contribution in [0.1, 0.15) is 17.4 Å². The zero-order valence-electron chi connectivity index (χ0n) is 13.3. The fourth-order valence-electron chi connectivity index (χ4n) is 2.91. The molecule has 0 spiro atoms. The fraction of sp³-hybridized carbons (Fsp3) is 0.444. The van der Waals surface area contributed by atoms with Crippen molar-refractivity contribution in [2.24, 2.45) is 0 Å². The Kier molecular flexibility index (Phi) is 5.97. The lowest BCUT2D eigenvalue weighted by atomic mass is 9.82. The highest BCUT2D eigenvalue weighted by molar-refractivity contribution is 7.09. The van der Waals surface area contributed by atoms with Crippen molar-refractivity contribution in [1.82, 2.24) is 10.2 Å². The molecule has 2 aromatic rings. The Labute approximate surface area is 132 Å². The molecule has 0 aliphatic heterocycles. The molecule has 1 heterocycles. The highest BCUT2D eigenvalue weighted by Gasteiger charge is 2.27. The number of likely N-dealkylation sites (N-methyl/N-ethyl adjacent to an activating group) is 2. The SMILES string of the molecule is CNCC(C)(CN(C)CCc1cccs1)c1ccccc1. The van der Waals surface area contributed by atoms with Gasteiger partial charge in [-0.3, -0.25) is 0 Å². The predicted molar refractivity (Wildman–Crippen MR) is 93.2 cm³/mol. The molecule has 21 heavy (non-hydrogen) atoms. The number of benzene rings is 1. The summed E-state index contributed by atoms with van der Waals surface area (Å²) in [6.45, 7) is 5.50. The van der Waals surface area contributed by atoms with E-state index in [1.54, 1.807) is 0 Å². The highest BCUT2D eigenvalue weighted by Crippen LogP contribution is 2.24. The largest absolute Gasteiger partial charge is 0.319 e. The Morgan fingerprint density at radius 1 is 1.14 bits per heavy atom. The molecule has 0 radical (unpaired) electrons. The summed E-state index contributed by atoms with van der Waals surface area (Å²) in [5.74, 6) is 0. The minimum atomic E-state index is 0.139. The Balaban J connectivity index is 1.98. The summed E-state index contributed by atoms with van der Waals surface area (Å²) >= 11 is 1.85. The van der Waals surface area contributed by atoms with Crippen molar-refractivity contribution < 1.29 is 0 Å². The van der Waals surface area contributed by atoms with Crippen LogP contribution in [0.2, 0.25) is 0 Å². The van der Waals surface area contributed by atoms with Crippen molar-refractivity contribution >= 4 is 11.3 Å². The summed E-state index contributed by atoms with van der Waals surface area (Å²) < 4.78 is 0. The Bertz CT molecular complexity index is 509. The van der Waals surface area contributed by atoms with Gasteiger partial charge in [-0.05, 0) is 37.5 Å². The van der Waals surface area contributed by atoms with Gasteiger partial charge in [0, 0.05) is 29.9 Å². The molecule has 0 bridgehead atoms. The molecule has 1 atom stereocenters. The summed E-state index contributed by atoms with van der Waals surface area (Å²) in [5, 5.41) is 5.51. The number of thiophene rings is 1. The van der Waals surface area contributed by atoms with Gasteiger partial charge < -0.3 is 10.2 Å². The summed E-state index contributed by atoms with van der Waals surface area (Å²) in [7, 11) is 4.26. The third-order valence-electron chi connectivity index (χ3n) is 3.98. The van der Waals surface area contributed by atoms with Gasteiger partial charge in [0.2, 0.25) is 0 Å². The van der Waals surface area contributed by atoms with E-state index >= 15 is 0 Å². The molecule has 3 heteroatoms. The summed E-state index contributed by atoms with van der Waals surface area (Å²) in [5.41, 5.74) is 1.54. The first kappa shape index (κ1) is 16.2. The van der Waals surface area contributed by atoms with E-state index in [9.17, 15) is 0 Å². The van der Waals surface area contributed by atoms with E-state index in [1.165, 1.54) is 10.4 Å². The fourth-order valence-corrected chi connectivity index (χ4v) is 3.61. The molecule has 1 unspecified atom stereocenters. The van der Waals surface area contributed by atoms with Crippen LogP contribution in [-0.4, -0.2) is 38.6 Å². The van der Waals surface area contributed by atoms with Crippen molar-refractivity contribution in [3.05, 3.63) is 58.3 Å². The van der Waals surface area contributed by atoms with E-state index < -0.39 is 0 Å². The first-order chi connectivity index (χ1) is 10.1. The van der Waals surface area contributed by atoms with Gasteiger partial charge in [0.05, 0.1) is 0 Å². The summed E-state index contributed by atoms with van der Waals surface area (Å²) in [6.07, 6.45) is 1.14. The molecule has 2 nitrogen and oxygen atoms in total. The van der Waals surface area contributed by atoms with Crippen LogP contribution >= 0.6 is 11.3 Å². The maximum atomic E-state index is 3.36. The lowest BCUT2D eigenvalue weighted by Crippen LogP contribution is -2.44. The van der Waals surface area contributed by atoms with E-state index in [0.29, 0.717) is 0 Å². The molecular weight excluding hydrogens is 276 g/mol. The van der Waals surface area contributed by atoms with Gasteiger partial charge in [-0.1, -0.05) is 43.3 Å². The summed E-state index contributed by atoms with van der Waals surface area (Å²) in [6, 6.07) is 15.2. The molecule has 1 N–H and O–H groups in total. The van der Waals surface area contributed by atoms with Crippen LogP contribution in [-0.2, 0) is 11.8 Å². The average molecular weight is 302 g/mol. The zero-order valence-corrected chi connectivity index (χ0v) is 14.1.